The third-order valence-electron chi connectivity index (χ3n) is 3.48. The maximum atomic E-state index is 9.28. The van der Waals surface area contributed by atoms with Gasteiger partial charge in [-0.15, -0.1) is 0 Å². The van der Waals surface area contributed by atoms with Crippen molar-refractivity contribution in [2.45, 2.75) is 24.9 Å². The first-order valence-electron chi connectivity index (χ1n) is 6.11. The maximum Gasteiger partial charge on any atom is 0.0710 e. The van der Waals surface area contributed by atoms with Crippen LogP contribution >= 0.6 is 0 Å². The van der Waals surface area contributed by atoms with Crippen molar-refractivity contribution in [2.24, 2.45) is 0 Å². The summed E-state index contributed by atoms with van der Waals surface area (Å²) in [5.74, 6) is 0. The zero-order valence-electron chi connectivity index (χ0n) is 10.1. The third kappa shape index (κ3) is 2.14. The molecule has 1 fully saturated rings. The van der Waals surface area contributed by atoms with E-state index in [9.17, 15) is 5.11 Å². The second-order valence-corrected chi connectivity index (χ2v) is 4.80. The molecule has 0 bridgehead atoms. The van der Waals surface area contributed by atoms with E-state index in [2.05, 4.69) is 20.5 Å². The monoisotopic (exact) mass is 244 g/mol. The van der Waals surface area contributed by atoms with E-state index in [1.807, 2.05) is 24.5 Å². The van der Waals surface area contributed by atoms with E-state index >= 15 is 0 Å². The molecule has 3 N–H and O–H groups in total. The lowest BCUT2D eigenvalue weighted by atomic mass is 10.1. The molecule has 0 radical (unpaired) electrons. The van der Waals surface area contributed by atoms with Crippen LogP contribution in [-0.2, 0) is 6.54 Å². The highest BCUT2D eigenvalue weighted by Crippen LogP contribution is 2.35. The van der Waals surface area contributed by atoms with Gasteiger partial charge in [0.2, 0.25) is 0 Å². The van der Waals surface area contributed by atoms with Crippen molar-refractivity contribution < 1.29 is 5.11 Å². The standard InChI is InChI=1S/C13H16N4O/c18-9-13(3-4-13)15-7-11-8-16-17-12(11)10-2-1-5-14-6-10/h1-2,5-6,8,15,18H,3-4,7,9H2,(H,16,17). The number of aromatic nitrogens is 3. The van der Waals surface area contributed by atoms with Crippen molar-refractivity contribution in [1.82, 2.24) is 20.5 Å². The molecule has 94 valence electrons. The topological polar surface area (TPSA) is 73.8 Å². The highest BCUT2D eigenvalue weighted by atomic mass is 16.3. The lowest BCUT2D eigenvalue weighted by Gasteiger charge is -2.13. The zero-order valence-corrected chi connectivity index (χ0v) is 10.1. The average molecular weight is 244 g/mol. The molecule has 5 heteroatoms. The summed E-state index contributed by atoms with van der Waals surface area (Å²) in [6.07, 6.45) is 7.48. The molecule has 0 spiro atoms. The summed E-state index contributed by atoms with van der Waals surface area (Å²) in [6, 6.07) is 3.91. The third-order valence-corrected chi connectivity index (χ3v) is 3.48. The molecule has 0 atom stereocenters. The summed E-state index contributed by atoms with van der Waals surface area (Å²) in [5, 5.41) is 19.8. The molecule has 2 aromatic heterocycles. The molecule has 2 heterocycles. The van der Waals surface area contributed by atoms with E-state index in [0.29, 0.717) is 6.54 Å². The van der Waals surface area contributed by atoms with Crippen molar-refractivity contribution in [3.05, 3.63) is 36.3 Å². The van der Waals surface area contributed by atoms with Gasteiger partial charge in [-0.25, -0.2) is 0 Å². The molecule has 0 aromatic carbocycles. The summed E-state index contributed by atoms with van der Waals surface area (Å²) in [4.78, 5) is 4.11. The van der Waals surface area contributed by atoms with Gasteiger partial charge in [-0.05, 0) is 25.0 Å². The lowest BCUT2D eigenvalue weighted by Crippen LogP contribution is -2.34. The Bertz CT molecular complexity index is 519. The van der Waals surface area contributed by atoms with Gasteiger partial charge in [-0.1, -0.05) is 0 Å². The Morgan fingerprint density at radius 2 is 2.28 bits per heavy atom. The summed E-state index contributed by atoms with van der Waals surface area (Å²) >= 11 is 0. The summed E-state index contributed by atoms with van der Waals surface area (Å²) in [7, 11) is 0. The number of aromatic amines is 1. The van der Waals surface area contributed by atoms with Gasteiger partial charge >= 0.3 is 0 Å². The number of aliphatic hydroxyl groups excluding tert-OH is 1. The van der Waals surface area contributed by atoms with Crippen LogP contribution in [0.2, 0.25) is 0 Å². The Labute approximate surface area is 105 Å². The molecular formula is C13H16N4O. The van der Waals surface area contributed by atoms with Crippen LogP contribution < -0.4 is 5.32 Å². The van der Waals surface area contributed by atoms with E-state index in [4.69, 9.17) is 0 Å². The van der Waals surface area contributed by atoms with Crippen LogP contribution in [0.15, 0.2) is 30.7 Å². The van der Waals surface area contributed by atoms with Crippen LogP contribution in [0.1, 0.15) is 18.4 Å². The van der Waals surface area contributed by atoms with Crippen molar-refractivity contribution in [1.29, 1.82) is 0 Å². The first-order valence-corrected chi connectivity index (χ1v) is 6.11. The Morgan fingerprint density at radius 1 is 1.39 bits per heavy atom. The second kappa shape index (κ2) is 4.51. The highest BCUT2D eigenvalue weighted by Gasteiger charge is 2.41. The van der Waals surface area contributed by atoms with Gasteiger partial charge in [0, 0.05) is 35.6 Å². The van der Waals surface area contributed by atoms with Gasteiger partial charge in [0.25, 0.3) is 0 Å². The van der Waals surface area contributed by atoms with Gasteiger partial charge in [0.15, 0.2) is 0 Å². The number of H-pyrrole nitrogens is 1. The van der Waals surface area contributed by atoms with Crippen LogP contribution in [0.3, 0.4) is 0 Å². The second-order valence-electron chi connectivity index (χ2n) is 4.80. The first kappa shape index (κ1) is 11.4. The van der Waals surface area contributed by atoms with Gasteiger partial charge < -0.3 is 10.4 Å². The molecule has 0 aliphatic heterocycles. The van der Waals surface area contributed by atoms with Crippen molar-refractivity contribution in [2.75, 3.05) is 6.61 Å². The molecule has 3 rings (SSSR count). The van der Waals surface area contributed by atoms with E-state index in [0.717, 1.165) is 29.7 Å². The van der Waals surface area contributed by atoms with Gasteiger partial charge in [-0.3, -0.25) is 10.1 Å². The number of hydrogen-bond acceptors (Lipinski definition) is 4. The lowest BCUT2D eigenvalue weighted by molar-refractivity contribution is 0.229. The molecule has 5 nitrogen and oxygen atoms in total. The minimum atomic E-state index is -0.0521. The van der Waals surface area contributed by atoms with Gasteiger partial charge in [0.05, 0.1) is 18.5 Å². The van der Waals surface area contributed by atoms with Crippen LogP contribution in [0, 0.1) is 0 Å². The quantitative estimate of drug-likeness (QED) is 0.736. The van der Waals surface area contributed by atoms with Crippen LogP contribution in [-0.4, -0.2) is 32.4 Å². The Hall–Kier alpha value is -1.72. The van der Waals surface area contributed by atoms with E-state index < -0.39 is 0 Å². The smallest absolute Gasteiger partial charge is 0.0710 e. The largest absolute Gasteiger partial charge is 0.394 e. The van der Waals surface area contributed by atoms with E-state index in [-0.39, 0.29) is 12.1 Å². The van der Waals surface area contributed by atoms with E-state index in [1.165, 1.54) is 0 Å². The Balaban J connectivity index is 1.76. The molecule has 0 unspecified atom stereocenters. The molecule has 18 heavy (non-hydrogen) atoms. The van der Waals surface area contributed by atoms with Crippen LogP contribution in [0.25, 0.3) is 11.3 Å². The molecule has 0 saturated heterocycles. The molecule has 0 amide bonds. The SMILES string of the molecule is OCC1(NCc2cn[nH]c2-c2cccnc2)CC1. The fourth-order valence-electron chi connectivity index (χ4n) is 2.03. The maximum absolute atomic E-state index is 9.28. The molecule has 2 aromatic rings. The van der Waals surface area contributed by atoms with Gasteiger partial charge in [0.1, 0.15) is 0 Å². The highest BCUT2D eigenvalue weighted by molar-refractivity contribution is 5.61. The molecular weight excluding hydrogens is 228 g/mol. The summed E-state index contributed by atoms with van der Waals surface area (Å²) < 4.78 is 0. The van der Waals surface area contributed by atoms with Crippen molar-refractivity contribution in [3.8, 4) is 11.3 Å². The number of rotatable bonds is 5. The molecule has 1 aliphatic rings. The minimum Gasteiger partial charge on any atom is -0.394 e. The molecule has 1 saturated carbocycles. The number of nitrogens with one attached hydrogen (secondary N) is 2. The fraction of sp³-hybridized carbons (Fsp3) is 0.385. The summed E-state index contributed by atoms with van der Waals surface area (Å²) in [6.45, 7) is 0.911. The minimum absolute atomic E-state index is 0.0521. The molecule has 1 aliphatic carbocycles. The van der Waals surface area contributed by atoms with E-state index in [1.54, 1.807) is 6.20 Å². The van der Waals surface area contributed by atoms with Crippen LogP contribution in [0.5, 0.6) is 0 Å². The number of aliphatic hydroxyl groups is 1. The number of nitrogens with zero attached hydrogens (tertiary/aromatic N) is 2. The van der Waals surface area contributed by atoms with Crippen LogP contribution in [0.4, 0.5) is 0 Å². The van der Waals surface area contributed by atoms with Crippen molar-refractivity contribution >= 4 is 0 Å². The van der Waals surface area contributed by atoms with Gasteiger partial charge in [-0.2, -0.15) is 5.10 Å². The fourth-order valence-corrected chi connectivity index (χ4v) is 2.03. The zero-order chi connectivity index (χ0) is 12.4. The first-order chi connectivity index (χ1) is 8.83. The Morgan fingerprint density at radius 3 is 2.94 bits per heavy atom. The normalized spacial score (nSPS) is 16.7. The summed E-state index contributed by atoms with van der Waals surface area (Å²) in [5.41, 5.74) is 3.07. The van der Waals surface area contributed by atoms with Crippen molar-refractivity contribution in [3.63, 3.8) is 0 Å². The predicted octanol–water partition coefficient (Wildman–Crippen LogP) is 1.09. The predicted molar refractivity (Wildman–Crippen MR) is 67.7 cm³/mol. The number of pyridine rings is 1. The number of hydrogen-bond donors (Lipinski definition) is 3. The average Bonchev–Trinajstić information content (AvgIpc) is 3.07. The Kier molecular flexibility index (Phi) is 2.85.